The molecule has 0 aliphatic carbocycles. The standard InChI is InChI=1S/C34H25ClF3N3O2S2/c1-19-16-25(20(2)40(19)24-14-15-27(35)26(17-24)34(36,37)38)28(42)18-44-33-39-31-30(32(43)41(33)23-12-8-5-9-13-23)29(21(3)45-31)22-10-6-4-7-11-22/h4-17H,18H2,1-3H3. The average molecular weight is 664 g/mol. The predicted molar refractivity (Wildman–Crippen MR) is 176 cm³/mol. The van der Waals surface area contributed by atoms with Crippen molar-refractivity contribution in [3.8, 4) is 22.5 Å². The number of carbonyl (C=O) groups excluding carboxylic acids is 1. The van der Waals surface area contributed by atoms with Crippen LogP contribution in [0.2, 0.25) is 5.02 Å². The molecule has 3 aromatic carbocycles. The molecule has 6 rings (SSSR count). The summed E-state index contributed by atoms with van der Waals surface area (Å²) in [7, 11) is 0. The number of aromatic nitrogens is 3. The number of hydrogen-bond donors (Lipinski definition) is 0. The fourth-order valence-electron chi connectivity index (χ4n) is 5.52. The Kier molecular flexibility index (Phi) is 8.24. The molecule has 0 amide bonds. The summed E-state index contributed by atoms with van der Waals surface area (Å²) < 4.78 is 43.8. The summed E-state index contributed by atoms with van der Waals surface area (Å²) in [4.78, 5) is 34.2. The van der Waals surface area contributed by atoms with Crippen molar-refractivity contribution in [3.05, 3.63) is 128 Å². The predicted octanol–water partition coefficient (Wildman–Crippen LogP) is 9.48. The van der Waals surface area contributed by atoms with E-state index in [-0.39, 0.29) is 22.8 Å². The zero-order valence-corrected chi connectivity index (χ0v) is 26.7. The lowest BCUT2D eigenvalue weighted by molar-refractivity contribution is -0.137. The van der Waals surface area contributed by atoms with Gasteiger partial charge in [0.05, 0.1) is 27.4 Å². The number of ketones is 1. The highest BCUT2D eigenvalue weighted by molar-refractivity contribution is 7.99. The second kappa shape index (κ2) is 12.0. The van der Waals surface area contributed by atoms with Gasteiger partial charge in [-0.25, -0.2) is 4.98 Å². The Morgan fingerprint density at radius 3 is 2.24 bits per heavy atom. The minimum atomic E-state index is -4.62. The number of halogens is 4. The first kappa shape index (κ1) is 30.9. The number of para-hydroxylation sites is 1. The van der Waals surface area contributed by atoms with E-state index >= 15 is 0 Å². The molecule has 0 atom stereocenters. The lowest BCUT2D eigenvalue weighted by Crippen LogP contribution is -2.22. The Morgan fingerprint density at radius 2 is 1.58 bits per heavy atom. The van der Waals surface area contributed by atoms with Crippen molar-refractivity contribution in [2.24, 2.45) is 0 Å². The molecule has 0 aliphatic rings. The number of thiophene rings is 1. The van der Waals surface area contributed by atoms with Gasteiger partial charge in [0.25, 0.3) is 5.56 Å². The maximum Gasteiger partial charge on any atom is 0.417 e. The minimum Gasteiger partial charge on any atom is -0.318 e. The van der Waals surface area contributed by atoms with Gasteiger partial charge in [-0.2, -0.15) is 13.2 Å². The van der Waals surface area contributed by atoms with Gasteiger partial charge >= 0.3 is 6.18 Å². The Bertz CT molecular complexity index is 2140. The van der Waals surface area contributed by atoms with E-state index in [1.807, 2.05) is 67.6 Å². The number of hydrogen-bond acceptors (Lipinski definition) is 5. The minimum absolute atomic E-state index is 0.0423. The van der Waals surface area contributed by atoms with Gasteiger partial charge in [0, 0.05) is 33.1 Å². The molecule has 0 aliphatic heterocycles. The quantitative estimate of drug-likeness (QED) is 0.0970. The Balaban J connectivity index is 1.39. The highest BCUT2D eigenvalue weighted by Crippen LogP contribution is 2.38. The third-order valence-electron chi connectivity index (χ3n) is 7.53. The number of alkyl halides is 3. The van der Waals surface area contributed by atoms with Crippen LogP contribution >= 0.6 is 34.7 Å². The molecule has 6 aromatic rings. The number of aryl methyl sites for hydroxylation is 2. The summed E-state index contributed by atoms with van der Waals surface area (Å²) in [6.45, 7) is 5.38. The van der Waals surface area contributed by atoms with Crippen LogP contribution in [0.4, 0.5) is 13.2 Å². The van der Waals surface area contributed by atoms with Gasteiger partial charge in [-0.1, -0.05) is 71.9 Å². The number of nitrogens with zero attached hydrogens (tertiary/aromatic N) is 3. The largest absolute Gasteiger partial charge is 0.417 e. The van der Waals surface area contributed by atoms with Crippen molar-refractivity contribution in [1.82, 2.24) is 14.1 Å². The van der Waals surface area contributed by atoms with E-state index in [2.05, 4.69) is 0 Å². The van der Waals surface area contributed by atoms with E-state index in [1.54, 1.807) is 24.5 Å². The smallest absolute Gasteiger partial charge is 0.318 e. The van der Waals surface area contributed by atoms with Crippen LogP contribution in [0.3, 0.4) is 0 Å². The molecule has 0 spiro atoms. The van der Waals surface area contributed by atoms with Crippen LogP contribution < -0.4 is 5.56 Å². The lowest BCUT2D eigenvalue weighted by atomic mass is 10.0. The van der Waals surface area contributed by atoms with E-state index < -0.39 is 16.8 Å². The normalized spacial score (nSPS) is 11.8. The topological polar surface area (TPSA) is 56.9 Å². The van der Waals surface area contributed by atoms with Gasteiger partial charge in [-0.15, -0.1) is 11.3 Å². The van der Waals surface area contributed by atoms with Gasteiger partial charge < -0.3 is 4.57 Å². The molecule has 0 radical (unpaired) electrons. The monoisotopic (exact) mass is 663 g/mol. The van der Waals surface area contributed by atoms with Gasteiger partial charge in [-0.3, -0.25) is 14.2 Å². The second-order valence-electron chi connectivity index (χ2n) is 10.4. The zero-order chi connectivity index (χ0) is 32.0. The van der Waals surface area contributed by atoms with Crippen LogP contribution in [0.25, 0.3) is 32.7 Å². The molecule has 0 unspecified atom stereocenters. The highest BCUT2D eigenvalue weighted by Gasteiger charge is 2.34. The van der Waals surface area contributed by atoms with Gasteiger partial charge in [0.2, 0.25) is 0 Å². The van der Waals surface area contributed by atoms with E-state index in [0.717, 1.165) is 33.8 Å². The maximum absolute atomic E-state index is 14.2. The molecular weight excluding hydrogens is 639 g/mol. The van der Waals surface area contributed by atoms with Crippen LogP contribution in [0.5, 0.6) is 0 Å². The first-order valence-corrected chi connectivity index (χ1v) is 16.0. The number of carbonyl (C=O) groups is 1. The van der Waals surface area contributed by atoms with Gasteiger partial charge in [0.15, 0.2) is 10.9 Å². The molecule has 11 heteroatoms. The van der Waals surface area contributed by atoms with Crippen molar-refractivity contribution in [2.75, 3.05) is 5.75 Å². The average Bonchev–Trinajstić information content (AvgIpc) is 3.51. The first-order valence-electron chi connectivity index (χ1n) is 13.8. The molecule has 0 saturated carbocycles. The lowest BCUT2D eigenvalue weighted by Gasteiger charge is -2.14. The number of thioether (sulfide) groups is 1. The third kappa shape index (κ3) is 5.74. The fourth-order valence-corrected chi connectivity index (χ4v) is 7.72. The summed E-state index contributed by atoms with van der Waals surface area (Å²) in [5.74, 6) is -0.287. The van der Waals surface area contributed by atoms with Crippen LogP contribution in [-0.4, -0.2) is 25.7 Å². The summed E-state index contributed by atoms with van der Waals surface area (Å²) in [5.41, 5.74) is 2.93. The molecule has 3 heterocycles. The van der Waals surface area contributed by atoms with Gasteiger partial charge in [0.1, 0.15) is 4.83 Å². The molecule has 0 N–H and O–H groups in total. The Morgan fingerprint density at radius 1 is 0.911 bits per heavy atom. The SMILES string of the molecule is Cc1sc2nc(SCC(=O)c3cc(C)n(-c4ccc(Cl)c(C(F)(F)F)c4)c3C)n(-c3ccccc3)c(=O)c2c1-c1ccccc1. The zero-order valence-electron chi connectivity index (χ0n) is 24.3. The van der Waals surface area contributed by atoms with Crippen molar-refractivity contribution < 1.29 is 18.0 Å². The Hall–Kier alpha value is -4.12. The van der Waals surface area contributed by atoms with Crippen molar-refractivity contribution in [1.29, 1.82) is 0 Å². The summed E-state index contributed by atoms with van der Waals surface area (Å²) in [6.07, 6.45) is -4.62. The first-order chi connectivity index (χ1) is 21.5. The number of benzene rings is 3. The maximum atomic E-state index is 14.2. The summed E-state index contributed by atoms with van der Waals surface area (Å²) in [5, 5.41) is 0.495. The molecule has 228 valence electrons. The summed E-state index contributed by atoms with van der Waals surface area (Å²) in [6, 6.07) is 24.2. The fraction of sp³-hybridized carbons (Fsp3) is 0.147. The van der Waals surface area contributed by atoms with E-state index in [4.69, 9.17) is 16.6 Å². The molecule has 0 bridgehead atoms. The molecule has 5 nitrogen and oxygen atoms in total. The van der Waals surface area contributed by atoms with Crippen molar-refractivity contribution in [3.63, 3.8) is 0 Å². The molecule has 3 aromatic heterocycles. The van der Waals surface area contributed by atoms with E-state index in [1.165, 1.54) is 28.0 Å². The number of rotatable bonds is 7. The van der Waals surface area contributed by atoms with Crippen LogP contribution in [0.15, 0.2) is 94.9 Å². The van der Waals surface area contributed by atoms with E-state index in [9.17, 15) is 22.8 Å². The van der Waals surface area contributed by atoms with Gasteiger partial charge in [-0.05, 0) is 62.7 Å². The second-order valence-corrected chi connectivity index (χ2v) is 13.0. The molecule has 0 fully saturated rings. The highest BCUT2D eigenvalue weighted by atomic mass is 35.5. The molecule has 0 saturated heterocycles. The number of fused-ring (bicyclic) bond motifs is 1. The van der Waals surface area contributed by atoms with Crippen molar-refractivity contribution >= 4 is 50.7 Å². The summed E-state index contributed by atoms with van der Waals surface area (Å²) >= 11 is 8.41. The Labute approximate surface area is 269 Å². The molecule has 45 heavy (non-hydrogen) atoms. The number of Topliss-reactive ketones (excluding diaryl/α,β-unsaturated/α-hetero) is 1. The molecular formula is C34H25ClF3N3O2S2. The van der Waals surface area contributed by atoms with Crippen LogP contribution in [0.1, 0.15) is 32.2 Å². The third-order valence-corrected chi connectivity index (χ3v) is 9.79. The van der Waals surface area contributed by atoms with Crippen molar-refractivity contribution in [2.45, 2.75) is 32.1 Å². The van der Waals surface area contributed by atoms with Crippen LogP contribution in [0, 0.1) is 20.8 Å². The van der Waals surface area contributed by atoms with E-state index in [0.29, 0.717) is 38.0 Å². The van der Waals surface area contributed by atoms with Crippen LogP contribution in [-0.2, 0) is 6.18 Å².